The van der Waals surface area contributed by atoms with Crippen LogP contribution in [-0.2, 0) is 4.79 Å². The standard InChI is InChI=1S/C11H5ClN4O2/c12-7-1-3-8(4-2-7)15-16-11(9(17)5-13)10(18)6-14/h1-4,17H/b11-9-,16-15?. The highest BCUT2D eigenvalue weighted by atomic mass is 35.5. The SMILES string of the molecule is N#CC(=O)/C(N=Nc1ccc(Cl)cc1)=C(/O)C#N. The van der Waals surface area contributed by atoms with Crippen LogP contribution in [0.2, 0.25) is 5.02 Å². The fourth-order valence-electron chi connectivity index (χ4n) is 0.922. The number of allylic oxidation sites excluding steroid dienone is 2. The molecule has 0 amide bonds. The van der Waals surface area contributed by atoms with E-state index in [1.54, 1.807) is 12.1 Å². The highest BCUT2D eigenvalue weighted by Crippen LogP contribution is 2.18. The molecule has 7 heteroatoms. The summed E-state index contributed by atoms with van der Waals surface area (Å²) in [5, 5.41) is 33.5. The topological polar surface area (TPSA) is 110 Å². The van der Waals surface area contributed by atoms with E-state index in [1.807, 2.05) is 0 Å². The molecule has 18 heavy (non-hydrogen) atoms. The zero-order chi connectivity index (χ0) is 13.5. The van der Waals surface area contributed by atoms with E-state index < -0.39 is 17.2 Å². The second-order valence-corrected chi connectivity index (χ2v) is 3.36. The highest BCUT2D eigenvalue weighted by Gasteiger charge is 2.14. The summed E-state index contributed by atoms with van der Waals surface area (Å²) in [6.45, 7) is 0. The van der Waals surface area contributed by atoms with Crippen molar-refractivity contribution in [1.29, 1.82) is 10.5 Å². The Balaban J connectivity index is 3.07. The van der Waals surface area contributed by atoms with Crippen LogP contribution in [0.5, 0.6) is 0 Å². The number of nitriles is 2. The second-order valence-electron chi connectivity index (χ2n) is 2.93. The number of halogens is 1. The summed E-state index contributed by atoms with van der Waals surface area (Å²) in [6, 6.07) is 8.69. The fourth-order valence-corrected chi connectivity index (χ4v) is 1.05. The third-order valence-corrected chi connectivity index (χ3v) is 1.99. The molecule has 1 N–H and O–H groups in total. The van der Waals surface area contributed by atoms with Gasteiger partial charge < -0.3 is 5.11 Å². The summed E-state index contributed by atoms with van der Waals surface area (Å²) < 4.78 is 0. The molecule has 0 heterocycles. The number of carbonyl (C=O) groups excluding carboxylic acids is 1. The van der Waals surface area contributed by atoms with Crippen LogP contribution in [0.25, 0.3) is 0 Å². The first-order valence-corrected chi connectivity index (χ1v) is 4.91. The third kappa shape index (κ3) is 3.41. The largest absolute Gasteiger partial charge is 0.498 e. The zero-order valence-electron chi connectivity index (χ0n) is 8.83. The van der Waals surface area contributed by atoms with Crippen LogP contribution in [0.3, 0.4) is 0 Å². The van der Waals surface area contributed by atoms with Gasteiger partial charge in [0.15, 0.2) is 5.70 Å². The number of hydrogen-bond donors (Lipinski definition) is 1. The number of ketones is 1. The molecule has 0 radical (unpaired) electrons. The number of aliphatic hydroxyl groups is 1. The van der Waals surface area contributed by atoms with Crippen LogP contribution < -0.4 is 0 Å². The van der Waals surface area contributed by atoms with Gasteiger partial charge in [0.25, 0.3) is 5.78 Å². The van der Waals surface area contributed by atoms with Crippen LogP contribution in [0.15, 0.2) is 46.0 Å². The Morgan fingerprint density at radius 1 is 1.22 bits per heavy atom. The lowest BCUT2D eigenvalue weighted by Gasteiger charge is -1.94. The van der Waals surface area contributed by atoms with Crippen molar-refractivity contribution in [2.24, 2.45) is 10.2 Å². The normalized spacial score (nSPS) is 11.5. The molecule has 0 aliphatic carbocycles. The van der Waals surface area contributed by atoms with Gasteiger partial charge in [-0.3, -0.25) is 4.79 Å². The molecular weight excluding hydrogens is 256 g/mol. The molecule has 0 saturated heterocycles. The second kappa shape index (κ2) is 6.14. The maximum absolute atomic E-state index is 11.1. The van der Waals surface area contributed by atoms with Gasteiger partial charge in [0, 0.05) is 5.02 Å². The molecule has 1 aromatic rings. The lowest BCUT2D eigenvalue weighted by Crippen LogP contribution is -1.99. The lowest BCUT2D eigenvalue weighted by atomic mass is 10.3. The molecule has 0 atom stereocenters. The van der Waals surface area contributed by atoms with Gasteiger partial charge in [-0.05, 0) is 24.3 Å². The zero-order valence-corrected chi connectivity index (χ0v) is 9.59. The van der Waals surface area contributed by atoms with Gasteiger partial charge in [0.05, 0.1) is 5.69 Å². The van der Waals surface area contributed by atoms with Crippen LogP contribution in [0.4, 0.5) is 5.69 Å². The molecule has 1 rings (SSSR count). The Labute approximate surface area is 107 Å². The van der Waals surface area contributed by atoms with Crippen molar-refractivity contribution in [2.45, 2.75) is 0 Å². The van der Waals surface area contributed by atoms with Gasteiger partial charge in [-0.2, -0.15) is 15.6 Å². The van der Waals surface area contributed by atoms with E-state index in [1.165, 1.54) is 24.3 Å². The number of Topliss-reactive ketones (excluding diaryl/α,β-unsaturated/α-hetero) is 1. The van der Waals surface area contributed by atoms with Crippen molar-refractivity contribution in [3.8, 4) is 12.1 Å². The van der Waals surface area contributed by atoms with Crippen molar-refractivity contribution < 1.29 is 9.90 Å². The van der Waals surface area contributed by atoms with Crippen LogP contribution in [0, 0.1) is 22.7 Å². The maximum atomic E-state index is 11.1. The summed E-state index contributed by atoms with van der Waals surface area (Å²) in [6.07, 6.45) is 0. The predicted octanol–water partition coefficient (Wildman–Crippen LogP) is 2.81. The Bertz CT molecular complexity index is 605. The summed E-state index contributed by atoms with van der Waals surface area (Å²) in [7, 11) is 0. The third-order valence-electron chi connectivity index (χ3n) is 1.74. The Morgan fingerprint density at radius 2 is 1.83 bits per heavy atom. The first kappa shape index (κ1) is 13.4. The number of nitrogens with zero attached hydrogens (tertiary/aromatic N) is 4. The molecule has 6 nitrogen and oxygen atoms in total. The average Bonchev–Trinajstić information content (AvgIpc) is 2.40. The van der Waals surface area contributed by atoms with Crippen molar-refractivity contribution in [3.63, 3.8) is 0 Å². The minimum Gasteiger partial charge on any atom is -0.498 e. The molecule has 0 unspecified atom stereocenters. The molecule has 0 aromatic heterocycles. The van der Waals surface area contributed by atoms with E-state index >= 15 is 0 Å². The molecule has 0 fully saturated rings. The molecule has 0 aliphatic rings. The fraction of sp³-hybridized carbons (Fsp3) is 0. The van der Waals surface area contributed by atoms with E-state index in [4.69, 9.17) is 27.2 Å². The molecule has 0 bridgehead atoms. The first-order chi connectivity index (χ1) is 8.58. The number of azo groups is 1. The molecular formula is C11H5ClN4O2. The Morgan fingerprint density at radius 3 is 2.33 bits per heavy atom. The van der Waals surface area contributed by atoms with Gasteiger partial charge >= 0.3 is 0 Å². The van der Waals surface area contributed by atoms with E-state index in [-0.39, 0.29) is 0 Å². The average molecular weight is 261 g/mol. The quantitative estimate of drug-likeness (QED) is 0.225. The monoisotopic (exact) mass is 260 g/mol. The van der Waals surface area contributed by atoms with E-state index in [0.29, 0.717) is 10.7 Å². The number of benzene rings is 1. The van der Waals surface area contributed by atoms with Crippen LogP contribution >= 0.6 is 11.6 Å². The van der Waals surface area contributed by atoms with Crippen molar-refractivity contribution in [2.75, 3.05) is 0 Å². The Kier molecular flexibility index (Phi) is 4.56. The predicted molar refractivity (Wildman–Crippen MR) is 61.9 cm³/mol. The molecule has 0 saturated carbocycles. The number of aliphatic hydroxyl groups excluding tert-OH is 1. The number of rotatable bonds is 3. The highest BCUT2D eigenvalue weighted by molar-refractivity contribution is 6.30. The van der Waals surface area contributed by atoms with Gasteiger partial charge in [-0.1, -0.05) is 11.6 Å². The molecule has 0 spiro atoms. The number of hydrogen-bond acceptors (Lipinski definition) is 6. The van der Waals surface area contributed by atoms with E-state index in [2.05, 4.69) is 10.2 Å². The molecule has 1 aromatic carbocycles. The van der Waals surface area contributed by atoms with Gasteiger partial charge in [-0.15, -0.1) is 5.11 Å². The lowest BCUT2D eigenvalue weighted by molar-refractivity contribution is -0.110. The van der Waals surface area contributed by atoms with Gasteiger partial charge in [-0.25, -0.2) is 0 Å². The summed E-state index contributed by atoms with van der Waals surface area (Å²) in [5.74, 6) is -2.11. The van der Waals surface area contributed by atoms with E-state index in [9.17, 15) is 4.79 Å². The van der Waals surface area contributed by atoms with Gasteiger partial charge in [0.1, 0.15) is 12.1 Å². The maximum Gasteiger partial charge on any atom is 0.286 e. The van der Waals surface area contributed by atoms with E-state index in [0.717, 1.165) is 0 Å². The smallest absolute Gasteiger partial charge is 0.286 e. The van der Waals surface area contributed by atoms with Crippen LogP contribution in [-0.4, -0.2) is 10.9 Å². The van der Waals surface area contributed by atoms with Crippen molar-refractivity contribution in [3.05, 3.63) is 40.7 Å². The Hall–Kier alpha value is -2.70. The molecule has 88 valence electrons. The summed E-state index contributed by atoms with van der Waals surface area (Å²) in [5.41, 5.74) is -0.344. The first-order valence-electron chi connectivity index (χ1n) is 4.53. The number of carbonyl (C=O) groups is 1. The van der Waals surface area contributed by atoms with Crippen molar-refractivity contribution >= 4 is 23.1 Å². The van der Waals surface area contributed by atoms with Gasteiger partial charge in [0.2, 0.25) is 5.76 Å². The van der Waals surface area contributed by atoms with Crippen LogP contribution in [0.1, 0.15) is 0 Å². The minimum absolute atomic E-state index is 0.355. The minimum atomic E-state index is -1.15. The molecule has 0 aliphatic heterocycles. The van der Waals surface area contributed by atoms with Crippen molar-refractivity contribution in [1.82, 2.24) is 0 Å². The summed E-state index contributed by atoms with van der Waals surface area (Å²) >= 11 is 5.66. The summed E-state index contributed by atoms with van der Waals surface area (Å²) in [4.78, 5) is 11.1.